The zero-order chi connectivity index (χ0) is 15.6. The summed E-state index contributed by atoms with van der Waals surface area (Å²) in [4.78, 5) is 1.43. The lowest BCUT2D eigenvalue weighted by molar-refractivity contribution is -0.120. The van der Waals surface area contributed by atoms with E-state index >= 15 is 0 Å². The minimum atomic E-state index is -4.20. The van der Waals surface area contributed by atoms with E-state index in [9.17, 15) is 13.2 Å². The standard InChI is InChI=1S/C16H23F3N2/c1-11(2)21(10-16(17,18)19)15-7-4-12(3)8-13(15)9-20-14-5-6-14/h4,7-8,11,14,20H,5-6,9-10H2,1-3H3. The van der Waals surface area contributed by atoms with E-state index < -0.39 is 12.7 Å². The van der Waals surface area contributed by atoms with E-state index in [-0.39, 0.29) is 6.04 Å². The first-order chi connectivity index (χ1) is 9.76. The third kappa shape index (κ3) is 4.92. The van der Waals surface area contributed by atoms with Crippen molar-refractivity contribution in [2.24, 2.45) is 0 Å². The van der Waals surface area contributed by atoms with Gasteiger partial charge in [-0.3, -0.25) is 0 Å². The minimum absolute atomic E-state index is 0.200. The average molecular weight is 300 g/mol. The normalized spacial score (nSPS) is 15.6. The third-order valence-corrected chi connectivity index (χ3v) is 3.68. The van der Waals surface area contributed by atoms with E-state index in [1.807, 2.05) is 25.1 Å². The smallest absolute Gasteiger partial charge is 0.360 e. The van der Waals surface area contributed by atoms with Crippen molar-refractivity contribution < 1.29 is 13.2 Å². The van der Waals surface area contributed by atoms with Gasteiger partial charge in [-0.25, -0.2) is 0 Å². The molecule has 0 amide bonds. The summed E-state index contributed by atoms with van der Waals surface area (Å²) in [5, 5.41) is 3.39. The minimum Gasteiger partial charge on any atom is -0.360 e. The number of benzene rings is 1. The van der Waals surface area contributed by atoms with Crippen molar-refractivity contribution >= 4 is 5.69 Å². The summed E-state index contributed by atoms with van der Waals surface area (Å²) < 4.78 is 38.5. The Morgan fingerprint density at radius 2 is 1.95 bits per heavy atom. The van der Waals surface area contributed by atoms with Crippen LogP contribution in [0.4, 0.5) is 18.9 Å². The lowest BCUT2D eigenvalue weighted by Crippen LogP contribution is -2.40. The summed E-state index contributed by atoms with van der Waals surface area (Å²) in [7, 11) is 0. The van der Waals surface area contributed by atoms with Crippen LogP contribution in [0.25, 0.3) is 0 Å². The number of hydrogen-bond donors (Lipinski definition) is 1. The number of nitrogens with zero attached hydrogens (tertiary/aromatic N) is 1. The number of aryl methyl sites for hydroxylation is 1. The predicted molar refractivity (Wildman–Crippen MR) is 79.6 cm³/mol. The van der Waals surface area contributed by atoms with Crippen LogP contribution < -0.4 is 10.2 Å². The molecule has 1 saturated carbocycles. The van der Waals surface area contributed by atoms with Crippen molar-refractivity contribution in [1.82, 2.24) is 5.32 Å². The molecular formula is C16H23F3N2. The van der Waals surface area contributed by atoms with Crippen LogP contribution in [0, 0.1) is 6.92 Å². The van der Waals surface area contributed by atoms with Gasteiger partial charge in [-0.15, -0.1) is 0 Å². The highest BCUT2D eigenvalue weighted by Crippen LogP contribution is 2.29. The Labute approximate surface area is 124 Å². The molecular weight excluding hydrogens is 277 g/mol. The largest absolute Gasteiger partial charge is 0.405 e. The summed E-state index contributed by atoms with van der Waals surface area (Å²) in [6, 6.07) is 6.01. The van der Waals surface area contributed by atoms with Crippen LogP contribution in [0.3, 0.4) is 0 Å². The van der Waals surface area contributed by atoms with Crippen LogP contribution in [-0.4, -0.2) is 24.8 Å². The van der Waals surface area contributed by atoms with Gasteiger partial charge in [-0.1, -0.05) is 17.7 Å². The van der Waals surface area contributed by atoms with Gasteiger partial charge in [0.2, 0.25) is 0 Å². The molecule has 0 heterocycles. The number of nitrogens with one attached hydrogen (secondary N) is 1. The number of alkyl halides is 3. The Bertz CT molecular complexity index is 479. The Hall–Kier alpha value is -1.23. The molecule has 5 heteroatoms. The van der Waals surface area contributed by atoms with Crippen molar-refractivity contribution in [1.29, 1.82) is 0 Å². The van der Waals surface area contributed by atoms with Crippen LogP contribution in [0.15, 0.2) is 18.2 Å². The molecule has 0 radical (unpaired) electrons. The van der Waals surface area contributed by atoms with Gasteiger partial charge in [-0.05, 0) is 45.2 Å². The molecule has 1 aromatic carbocycles. The molecule has 1 N–H and O–H groups in total. The van der Waals surface area contributed by atoms with Crippen LogP contribution in [0.5, 0.6) is 0 Å². The maximum absolute atomic E-state index is 12.8. The Kier molecular flexibility index (Phi) is 4.81. The average Bonchev–Trinajstić information content (AvgIpc) is 3.16. The summed E-state index contributed by atoms with van der Waals surface area (Å²) >= 11 is 0. The SMILES string of the molecule is Cc1ccc(N(CC(F)(F)F)C(C)C)c(CNC2CC2)c1. The van der Waals surface area contributed by atoms with Crippen LogP contribution in [0.2, 0.25) is 0 Å². The monoisotopic (exact) mass is 300 g/mol. The molecule has 1 aliphatic carbocycles. The molecule has 0 aliphatic heterocycles. The fraction of sp³-hybridized carbons (Fsp3) is 0.625. The molecule has 0 spiro atoms. The Morgan fingerprint density at radius 1 is 1.29 bits per heavy atom. The van der Waals surface area contributed by atoms with Crippen LogP contribution >= 0.6 is 0 Å². The highest BCUT2D eigenvalue weighted by molar-refractivity contribution is 5.56. The fourth-order valence-electron chi connectivity index (χ4n) is 2.42. The van der Waals surface area contributed by atoms with Crippen molar-refractivity contribution in [2.45, 2.75) is 58.4 Å². The zero-order valence-corrected chi connectivity index (χ0v) is 12.8. The molecule has 1 fully saturated rings. The van der Waals surface area contributed by atoms with Gasteiger partial charge >= 0.3 is 6.18 Å². The Morgan fingerprint density at radius 3 is 2.48 bits per heavy atom. The first kappa shape index (κ1) is 16.1. The number of anilines is 1. The lowest BCUT2D eigenvalue weighted by atomic mass is 10.1. The topological polar surface area (TPSA) is 15.3 Å². The molecule has 0 aromatic heterocycles. The molecule has 21 heavy (non-hydrogen) atoms. The fourth-order valence-corrected chi connectivity index (χ4v) is 2.42. The van der Waals surface area contributed by atoms with E-state index in [2.05, 4.69) is 5.32 Å². The molecule has 0 atom stereocenters. The second kappa shape index (κ2) is 6.26. The molecule has 1 aromatic rings. The highest BCUT2D eigenvalue weighted by atomic mass is 19.4. The summed E-state index contributed by atoms with van der Waals surface area (Å²) in [5.74, 6) is 0. The highest BCUT2D eigenvalue weighted by Gasteiger charge is 2.33. The van der Waals surface area contributed by atoms with Crippen molar-refractivity contribution in [3.63, 3.8) is 0 Å². The number of hydrogen-bond acceptors (Lipinski definition) is 2. The molecule has 0 saturated heterocycles. The van der Waals surface area contributed by atoms with Gasteiger partial charge in [0.05, 0.1) is 0 Å². The molecule has 118 valence electrons. The van der Waals surface area contributed by atoms with E-state index in [0.717, 1.165) is 24.0 Å². The maximum Gasteiger partial charge on any atom is 0.405 e. The second-order valence-corrected chi connectivity index (χ2v) is 6.12. The van der Waals surface area contributed by atoms with E-state index in [1.54, 1.807) is 13.8 Å². The first-order valence-electron chi connectivity index (χ1n) is 7.42. The van der Waals surface area contributed by atoms with E-state index in [0.29, 0.717) is 18.3 Å². The van der Waals surface area contributed by atoms with E-state index in [4.69, 9.17) is 0 Å². The van der Waals surface area contributed by atoms with Gasteiger partial charge in [-0.2, -0.15) is 13.2 Å². The molecule has 2 nitrogen and oxygen atoms in total. The van der Waals surface area contributed by atoms with Crippen molar-refractivity contribution in [3.05, 3.63) is 29.3 Å². The van der Waals surface area contributed by atoms with Gasteiger partial charge < -0.3 is 10.2 Å². The summed E-state index contributed by atoms with van der Waals surface area (Å²) in [6.45, 7) is 5.27. The van der Waals surface area contributed by atoms with Crippen LogP contribution in [0.1, 0.15) is 37.8 Å². The summed E-state index contributed by atoms with van der Waals surface area (Å²) in [5.41, 5.74) is 2.70. The number of rotatable bonds is 6. The second-order valence-electron chi connectivity index (χ2n) is 6.12. The first-order valence-corrected chi connectivity index (χ1v) is 7.42. The lowest BCUT2D eigenvalue weighted by Gasteiger charge is -2.32. The van der Waals surface area contributed by atoms with Gasteiger partial charge in [0.15, 0.2) is 0 Å². The third-order valence-electron chi connectivity index (χ3n) is 3.68. The molecule has 2 rings (SSSR count). The van der Waals surface area contributed by atoms with Crippen molar-refractivity contribution in [3.8, 4) is 0 Å². The zero-order valence-electron chi connectivity index (χ0n) is 12.8. The summed E-state index contributed by atoms with van der Waals surface area (Å²) in [6.07, 6.45) is -1.87. The molecule has 0 unspecified atom stereocenters. The quantitative estimate of drug-likeness (QED) is 0.853. The van der Waals surface area contributed by atoms with E-state index in [1.165, 1.54) is 4.90 Å². The predicted octanol–water partition coefficient (Wildman–Crippen LogP) is 4.02. The van der Waals surface area contributed by atoms with Gasteiger partial charge in [0.1, 0.15) is 6.54 Å². The van der Waals surface area contributed by atoms with Crippen LogP contribution in [-0.2, 0) is 6.54 Å². The Balaban J connectivity index is 2.24. The van der Waals surface area contributed by atoms with Crippen molar-refractivity contribution in [2.75, 3.05) is 11.4 Å². The van der Waals surface area contributed by atoms with Gasteiger partial charge in [0.25, 0.3) is 0 Å². The van der Waals surface area contributed by atoms with Gasteiger partial charge in [0, 0.05) is 24.3 Å². The number of halogens is 3. The molecule has 1 aliphatic rings. The molecule has 0 bridgehead atoms. The maximum atomic E-state index is 12.8.